The van der Waals surface area contributed by atoms with E-state index in [-0.39, 0.29) is 6.04 Å². The monoisotopic (exact) mass is 438 g/mol. The van der Waals surface area contributed by atoms with Gasteiger partial charge in [-0.05, 0) is 64.7 Å². The molecule has 32 heavy (non-hydrogen) atoms. The van der Waals surface area contributed by atoms with Gasteiger partial charge >= 0.3 is 0 Å². The van der Waals surface area contributed by atoms with Crippen molar-refractivity contribution in [2.75, 3.05) is 13.7 Å². The molecule has 2 aliphatic rings. The van der Waals surface area contributed by atoms with Crippen molar-refractivity contribution in [1.29, 1.82) is 0 Å². The van der Waals surface area contributed by atoms with E-state index in [1.54, 1.807) is 7.11 Å². The average Bonchev–Trinajstić information content (AvgIpc) is 3.29. The van der Waals surface area contributed by atoms with Crippen LogP contribution in [-0.2, 0) is 17.9 Å². The highest BCUT2D eigenvalue weighted by molar-refractivity contribution is 5.76. The molecule has 4 rings (SSSR count). The number of carbonyl (C=O) groups excluding carboxylic acids is 1. The number of rotatable bonds is 6. The van der Waals surface area contributed by atoms with Crippen LogP contribution in [0.25, 0.3) is 0 Å². The van der Waals surface area contributed by atoms with E-state index in [0.717, 1.165) is 50.2 Å². The summed E-state index contributed by atoms with van der Waals surface area (Å²) in [6, 6.07) is 9.21. The SMILES string of the molecule is COc1ccc(CN2C(=O)CCCC[C@@H]3[C@@H]2CCN3Cc2c(C)nn(C(C)C)c2C)cc1. The lowest BCUT2D eigenvalue weighted by Gasteiger charge is -2.37. The van der Waals surface area contributed by atoms with Gasteiger partial charge in [-0.15, -0.1) is 0 Å². The molecule has 2 fully saturated rings. The lowest BCUT2D eigenvalue weighted by Crippen LogP contribution is -2.48. The fourth-order valence-electron chi connectivity index (χ4n) is 5.56. The van der Waals surface area contributed by atoms with Gasteiger partial charge in [-0.1, -0.05) is 18.6 Å². The second-order valence-electron chi connectivity index (χ2n) is 9.70. The predicted molar refractivity (Wildman–Crippen MR) is 127 cm³/mol. The van der Waals surface area contributed by atoms with Gasteiger partial charge in [0, 0.05) is 55.4 Å². The molecule has 0 N–H and O–H groups in total. The number of hydrogen-bond donors (Lipinski definition) is 0. The molecule has 3 heterocycles. The number of hydrogen-bond acceptors (Lipinski definition) is 4. The summed E-state index contributed by atoms with van der Waals surface area (Å²) in [5, 5.41) is 4.80. The number of amides is 1. The minimum Gasteiger partial charge on any atom is -0.497 e. The second-order valence-corrected chi connectivity index (χ2v) is 9.70. The normalized spacial score (nSPS) is 22.2. The van der Waals surface area contributed by atoms with E-state index in [1.807, 2.05) is 12.1 Å². The maximum atomic E-state index is 13.2. The van der Waals surface area contributed by atoms with E-state index in [4.69, 9.17) is 9.84 Å². The van der Waals surface area contributed by atoms with Gasteiger partial charge in [0.05, 0.1) is 12.8 Å². The van der Waals surface area contributed by atoms with E-state index in [0.29, 0.717) is 31.0 Å². The van der Waals surface area contributed by atoms with Gasteiger partial charge < -0.3 is 9.64 Å². The molecule has 1 aromatic carbocycles. The molecule has 2 saturated heterocycles. The summed E-state index contributed by atoms with van der Waals surface area (Å²) in [4.78, 5) is 17.9. The van der Waals surface area contributed by atoms with E-state index in [9.17, 15) is 4.79 Å². The summed E-state index contributed by atoms with van der Waals surface area (Å²) in [7, 11) is 1.68. The molecule has 2 aliphatic heterocycles. The third-order valence-electron chi connectivity index (χ3n) is 7.32. The number of likely N-dealkylation sites (tertiary alicyclic amines) is 2. The van der Waals surface area contributed by atoms with Crippen molar-refractivity contribution in [2.45, 2.75) is 91.0 Å². The van der Waals surface area contributed by atoms with Crippen molar-refractivity contribution >= 4 is 5.91 Å². The molecule has 0 aliphatic carbocycles. The second kappa shape index (κ2) is 9.65. The number of nitrogens with zero attached hydrogens (tertiary/aromatic N) is 4. The molecule has 2 atom stereocenters. The van der Waals surface area contributed by atoms with Crippen LogP contribution in [0.15, 0.2) is 24.3 Å². The summed E-state index contributed by atoms with van der Waals surface area (Å²) in [5.41, 5.74) is 4.94. The van der Waals surface area contributed by atoms with Crippen molar-refractivity contribution in [3.05, 3.63) is 46.8 Å². The topological polar surface area (TPSA) is 50.6 Å². The highest BCUT2D eigenvalue weighted by Crippen LogP contribution is 2.33. The van der Waals surface area contributed by atoms with Crippen LogP contribution in [0, 0.1) is 13.8 Å². The Morgan fingerprint density at radius 1 is 1.06 bits per heavy atom. The molecule has 1 aromatic heterocycles. The van der Waals surface area contributed by atoms with Crippen molar-refractivity contribution in [1.82, 2.24) is 19.6 Å². The number of methoxy groups -OCH3 is 1. The Hall–Kier alpha value is -2.34. The Morgan fingerprint density at radius 2 is 1.81 bits per heavy atom. The third kappa shape index (κ3) is 4.56. The number of aryl methyl sites for hydroxylation is 1. The molecular weight excluding hydrogens is 400 g/mol. The number of carbonyl (C=O) groups is 1. The summed E-state index contributed by atoms with van der Waals surface area (Å²) >= 11 is 0. The first-order valence-electron chi connectivity index (χ1n) is 12.1. The maximum absolute atomic E-state index is 13.2. The Bertz CT molecular complexity index is 934. The first-order chi connectivity index (χ1) is 15.4. The van der Waals surface area contributed by atoms with Gasteiger partial charge in [0.1, 0.15) is 5.75 Å². The Kier molecular flexibility index (Phi) is 6.89. The smallest absolute Gasteiger partial charge is 0.223 e. The molecule has 0 spiro atoms. The van der Waals surface area contributed by atoms with Crippen LogP contribution in [0.4, 0.5) is 0 Å². The third-order valence-corrected chi connectivity index (χ3v) is 7.32. The lowest BCUT2D eigenvalue weighted by molar-refractivity contribution is -0.135. The van der Waals surface area contributed by atoms with Gasteiger partial charge in [0.15, 0.2) is 0 Å². The first kappa shape index (κ1) is 22.8. The van der Waals surface area contributed by atoms with Crippen molar-refractivity contribution < 1.29 is 9.53 Å². The fraction of sp³-hybridized carbons (Fsp3) is 0.615. The molecular formula is C26H38N4O2. The first-order valence-corrected chi connectivity index (χ1v) is 12.1. The minimum atomic E-state index is 0.283. The Labute approximate surface area is 192 Å². The standard InChI is InChI=1S/C26H38N4O2/c1-18(2)30-20(4)23(19(3)27-30)17-28-15-14-25-24(28)8-6-7-9-26(31)29(25)16-21-10-12-22(32-5)13-11-21/h10-13,18,24-25H,6-9,14-17H2,1-5H3/t24-,25+/m1/s1. The van der Waals surface area contributed by atoms with Crippen LogP contribution in [0.3, 0.4) is 0 Å². The van der Waals surface area contributed by atoms with Crippen LogP contribution < -0.4 is 4.74 Å². The number of fused-ring (bicyclic) bond motifs is 1. The van der Waals surface area contributed by atoms with Gasteiger partial charge in [-0.3, -0.25) is 14.4 Å². The summed E-state index contributed by atoms with van der Waals surface area (Å²) < 4.78 is 7.45. The zero-order valence-corrected chi connectivity index (χ0v) is 20.3. The van der Waals surface area contributed by atoms with Crippen LogP contribution in [0.1, 0.15) is 74.5 Å². The van der Waals surface area contributed by atoms with Crippen LogP contribution in [-0.4, -0.2) is 51.2 Å². The van der Waals surface area contributed by atoms with Crippen LogP contribution in [0.5, 0.6) is 5.75 Å². The number of benzene rings is 1. The quantitative estimate of drug-likeness (QED) is 0.660. The molecule has 1 amide bonds. The van der Waals surface area contributed by atoms with Gasteiger partial charge in [-0.25, -0.2) is 0 Å². The fourth-order valence-corrected chi connectivity index (χ4v) is 5.56. The van der Waals surface area contributed by atoms with E-state index in [1.165, 1.54) is 16.8 Å². The molecule has 6 heteroatoms. The van der Waals surface area contributed by atoms with Gasteiger partial charge in [-0.2, -0.15) is 5.10 Å². The Morgan fingerprint density at radius 3 is 2.47 bits per heavy atom. The van der Waals surface area contributed by atoms with Crippen molar-refractivity contribution in [3.8, 4) is 5.75 Å². The van der Waals surface area contributed by atoms with Crippen LogP contribution in [0.2, 0.25) is 0 Å². The molecule has 2 aromatic rings. The largest absolute Gasteiger partial charge is 0.497 e. The van der Waals surface area contributed by atoms with E-state index in [2.05, 4.69) is 54.3 Å². The van der Waals surface area contributed by atoms with Gasteiger partial charge in [0.2, 0.25) is 5.91 Å². The molecule has 0 unspecified atom stereocenters. The maximum Gasteiger partial charge on any atom is 0.223 e. The summed E-state index contributed by atoms with van der Waals surface area (Å²) in [5.74, 6) is 1.16. The summed E-state index contributed by atoms with van der Waals surface area (Å²) in [6.45, 7) is 11.3. The molecule has 0 bridgehead atoms. The molecule has 0 saturated carbocycles. The highest BCUT2D eigenvalue weighted by Gasteiger charge is 2.40. The molecule has 174 valence electrons. The zero-order valence-electron chi connectivity index (χ0n) is 20.3. The van der Waals surface area contributed by atoms with Crippen LogP contribution >= 0.6 is 0 Å². The van der Waals surface area contributed by atoms with E-state index < -0.39 is 0 Å². The number of aromatic nitrogens is 2. The number of ether oxygens (including phenoxy) is 1. The average molecular weight is 439 g/mol. The van der Waals surface area contributed by atoms with Crippen molar-refractivity contribution in [2.24, 2.45) is 0 Å². The zero-order chi connectivity index (χ0) is 22.8. The lowest BCUT2D eigenvalue weighted by atomic mass is 9.96. The van der Waals surface area contributed by atoms with Crippen molar-refractivity contribution in [3.63, 3.8) is 0 Å². The molecule has 0 radical (unpaired) electrons. The highest BCUT2D eigenvalue weighted by atomic mass is 16.5. The Balaban J connectivity index is 1.55. The summed E-state index contributed by atoms with van der Waals surface area (Å²) in [6.07, 6.45) is 4.98. The minimum absolute atomic E-state index is 0.283. The van der Waals surface area contributed by atoms with Gasteiger partial charge in [0.25, 0.3) is 0 Å². The molecule has 6 nitrogen and oxygen atoms in total. The van der Waals surface area contributed by atoms with E-state index >= 15 is 0 Å². The predicted octanol–water partition coefficient (Wildman–Crippen LogP) is 4.64.